The van der Waals surface area contributed by atoms with Crippen LogP contribution in [0.15, 0.2) is 35.1 Å². The molecule has 5 heteroatoms. The molecule has 3 heterocycles. The van der Waals surface area contributed by atoms with Crippen molar-refractivity contribution in [1.29, 1.82) is 0 Å². The van der Waals surface area contributed by atoms with Gasteiger partial charge in [0.15, 0.2) is 5.78 Å². The Balaban J connectivity index is 2.00. The summed E-state index contributed by atoms with van der Waals surface area (Å²) in [7, 11) is 0. The Morgan fingerprint density at radius 2 is 2.08 bits per heavy atom. The summed E-state index contributed by atoms with van der Waals surface area (Å²) in [5.74, 6) is 0.149. The fourth-order valence-corrected chi connectivity index (χ4v) is 3.30. The summed E-state index contributed by atoms with van der Waals surface area (Å²) < 4.78 is 1.66. The Morgan fingerprint density at radius 1 is 1.29 bits per heavy atom. The van der Waals surface area contributed by atoms with Crippen molar-refractivity contribution in [3.63, 3.8) is 0 Å². The third-order valence-electron chi connectivity index (χ3n) is 4.61. The van der Waals surface area contributed by atoms with E-state index < -0.39 is 0 Å². The molecule has 0 atom stereocenters. The van der Waals surface area contributed by atoms with Crippen LogP contribution in [0.5, 0.6) is 5.75 Å². The summed E-state index contributed by atoms with van der Waals surface area (Å²) in [5.41, 5.74) is 3.91. The molecule has 1 aliphatic rings. The van der Waals surface area contributed by atoms with E-state index in [0.717, 1.165) is 22.2 Å². The molecule has 0 unspecified atom stereocenters. The number of pyridine rings is 2. The zero-order valence-electron chi connectivity index (χ0n) is 13.5. The average molecular weight is 320 g/mol. The summed E-state index contributed by atoms with van der Waals surface area (Å²) >= 11 is 0. The SMILES string of the molecule is CCC(=O)c1cc2n(c(=O)c1C)Cc1cc3cc(O)ccc3nc1-2. The fourth-order valence-electron chi connectivity index (χ4n) is 3.30. The first kappa shape index (κ1) is 14.6. The van der Waals surface area contributed by atoms with Crippen LogP contribution in [0.3, 0.4) is 0 Å². The molecule has 3 aromatic rings. The lowest BCUT2D eigenvalue weighted by Crippen LogP contribution is -2.24. The van der Waals surface area contributed by atoms with Crippen LogP contribution < -0.4 is 5.56 Å². The minimum Gasteiger partial charge on any atom is -0.508 e. The van der Waals surface area contributed by atoms with Gasteiger partial charge in [0.25, 0.3) is 5.56 Å². The normalized spacial score (nSPS) is 12.2. The van der Waals surface area contributed by atoms with E-state index in [1.807, 2.05) is 6.07 Å². The molecule has 24 heavy (non-hydrogen) atoms. The van der Waals surface area contributed by atoms with Crippen molar-refractivity contribution >= 4 is 16.7 Å². The molecule has 4 rings (SSSR count). The number of nitrogens with zero attached hydrogens (tertiary/aromatic N) is 2. The maximum absolute atomic E-state index is 12.7. The van der Waals surface area contributed by atoms with E-state index in [9.17, 15) is 14.7 Å². The van der Waals surface area contributed by atoms with Crippen molar-refractivity contribution < 1.29 is 9.90 Å². The second kappa shape index (κ2) is 5.03. The summed E-state index contributed by atoms with van der Waals surface area (Å²) in [5, 5.41) is 10.5. The number of aromatic hydroxyl groups is 1. The predicted molar refractivity (Wildman–Crippen MR) is 91.6 cm³/mol. The molecule has 0 saturated carbocycles. The lowest BCUT2D eigenvalue weighted by Gasteiger charge is -2.09. The van der Waals surface area contributed by atoms with Gasteiger partial charge in [0.05, 0.1) is 23.4 Å². The number of phenolic OH excluding ortho intramolecular Hbond substituents is 1. The van der Waals surface area contributed by atoms with Gasteiger partial charge in [0.2, 0.25) is 0 Å². The fraction of sp³-hybridized carbons (Fsp3) is 0.211. The van der Waals surface area contributed by atoms with Crippen molar-refractivity contribution in [1.82, 2.24) is 9.55 Å². The molecule has 0 fully saturated rings. The van der Waals surface area contributed by atoms with E-state index in [1.165, 1.54) is 0 Å². The van der Waals surface area contributed by atoms with Crippen LogP contribution in [-0.4, -0.2) is 20.4 Å². The molecule has 2 aromatic heterocycles. The molecule has 0 radical (unpaired) electrons. The smallest absolute Gasteiger partial charge is 0.255 e. The highest BCUT2D eigenvalue weighted by atomic mass is 16.3. The average Bonchev–Trinajstić information content (AvgIpc) is 2.93. The molecule has 1 aliphatic heterocycles. The number of carbonyl (C=O) groups excluding carboxylic acids is 1. The van der Waals surface area contributed by atoms with Crippen molar-refractivity contribution in [3.8, 4) is 17.1 Å². The molecule has 1 N–H and O–H groups in total. The van der Waals surface area contributed by atoms with Crippen LogP contribution in [0, 0.1) is 6.92 Å². The van der Waals surface area contributed by atoms with Crippen molar-refractivity contribution in [2.24, 2.45) is 0 Å². The number of ketones is 1. The first-order valence-electron chi connectivity index (χ1n) is 7.90. The topological polar surface area (TPSA) is 72.2 Å². The van der Waals surface area contributed by atoms with E-state index in [1.54, 1.807) is 42.7 Å². The lowest BCUT2D eigenvalue weighted by molar-refractivity contribution is 0.0987. The van der Waals surface area contributed by atoms with Gasteiger partial charge >= 0.3 is 0 Å². The van der Waals surface area contributed by atoms with Crippen LogP contribution in [0.4, 0.5) is 0 Å². The van der Waals surface area contributed by atoms with Gasteiger partial charge in [0, 0.05) is 28.5 Å². The molecule has 0 spiro atoms. The van der Waals surface area contributed by atoms with Gasteiger partial charge < -0.3 is 9.67 Å². The van der Waals surface area contributed by atoms with Gasteiger partial charge in [-0.15, -0.1) is 0 Å². The summed E-state index contributed by atoms with van der Waals surface area (Å²) in [6, 6.07) is 8.72. The quantitative estimate of drug-likeness (QED) is 0.576. The Morgan fingerprint density at radius 3 is 2.83 bits per heavy atom. The Bertz CT molecular complexity index is 1080. The first-order valence-corrected chi connectivity index (χ1v) is 7.90. The Labute approximate surface area is 138 Å². The number of Topliss-reactive ketones (excluding diaryl/α,β-unsaturated/α-hetero) is 1. The standard InChI is InChI=1S/C19H16N2O3/c1-3-17(23)14-8-16-18-12(9-21(16)19(24)10(14)2)6-11-7-13(22)4-5-15(11)20-18/h4-8,22H,3,9H2,1-2H3. The largest absolute Gasteiger partial charge is 0.508 e. The molecule has 120 valence electrons. The number of benzene rings is 1. The zero-order chi connectivity index (χ0) is 17.0. The van der Waals surface area contributed by atoms with Crippen LogP contribution >= 0.6 is 0 Å². The van der Waals surface area contributed by atoms with Crippen LogP contribution in [0.1, 0.15) is 34.8 Å². The third-order valence-corrected chi connectivity index (χ3v) is 4.61. The van der Waals surface area contributed by atoms with Crippen LogP contribution in [0.25, 0.3) is 22.3 Å². The summed E-state index contributed by atoms with van der Waals surface area (Å²) in [6.45, 7) is 3.92. The molecule has 0 amide bonds. The van der Waals surface area contributed by atoms with Crippen molar-refractivity contribution in [2.45, 2.75) is 26.8 Å². The number of aromatic nitrogens is 2. The van der Waals surface area contributed by atoms with E-state index in [2.05, 4.69) is 4.98 Å². The highest BCUT2D eigenvalue weighted by molar-refractivity contribution is 5.98. The van der Waals surface area contributed by atoms with Gasteiger partial charge in [-0.2, -0.15) is 0 Å². The van der Waals surface area contributed by atoms with Crippen molar-refractivity contribution in [3.05, 3.63) is 57.4 Å². The number of phenols is 1. The number of hydrogen-bond donors (Lipinski definition) is 1. The lowest BCUT2D eigenvalue weighted by atomic mass is 10.0. The summed E-state index contributed by atoms with van der Waals surface area (Å²) in [4.78, 5) is 29.5. The van der Waals surface area contributed by atoms with Crippen molar-refractivity contribution in [2.75, 3.05) is 0 Å². The molecule has 1 aromatic carbocycles. The van der Waals surface area contributed by atoms with E-state index in [4.69, 9.17) is 0 Å². The molecular weight excluding hydrogens is 304 g/mol. The summed E-state index contributed by atoms with van der Waals surface area (Å²) in [6.07, 6.45) is 0.362. The van der Waals surface area contributed by atoms with Gasteiger partial charge in [-0.05, 0) is 37.3 Å². The molecule has 0 bridgehead atoms. The molecule has 0 saturated heterocycles. The monoisotopic (exact) mass is 320 g/mol. The number of rotatable bonds is 2. The maximum Gasteiger partial charge on any atom is 0.255 e. The minimum atomic E-state index is -0.144. The first-order chi connectivity index (χ1) is 11.5. The molecule has 0 aliphatic carbocycles. The minimum absolute atomic E-state index is 0.0350. The van der Waals surface area contributed by atoms with Gasteiger partial charge in [-0.25, -0.2) is 4.98 Å². The second-order valence-electron chi connectivity index (χ2n) is 6.11. The van der Waals surface area contributed by atoms with E-state index in [-0.39, 0.29) is 17.1 Å². The highest BCUT2D eigenvalue weighted by Gasteiger charge is 2.25. The maximum atomic E-state index is 12.7. The molecule has 5 nitrogen and oxygen atoms in total. The third kappa shape index (κ3) is 1.98. The van der Waals surface area contributed by atoms with Gasteiger partial charge in [-0.3, -0.25) is 9.59 Å². The van der Waals surface area contributed by atoms with E-state index in [0.29, 0.717) is 29.8 Å². The number of hydrogen-bond acceptors (Lipinski definition) is 4. The Hall–Kier alpha value is -2.95. The highest BCUT2D eigenvalue weighted by Crippen LogP contribution is 2.33. The Kier molecular flexibility index (Phi) is 3.06. The zero-order valence-corrected chi connectivity index (χ0v) is 13.5. The van der Waals surface area contributed by atoms with Crippen LogP contribution in [-0.2, 0) is 6.54 Å². The predicted octanol–water partition coefficient (Wildman–Crippen LogP) is 3.03. The van der Waals surface area contributed by atoms with E-state index >= 15 is 0 Å². The van der Waals surface area contributed by atoms with Gasteiger partial charge in [-0.1, -0.05) is 6.92 Å². The second-order valence-corrected chi connectivity index (χ2v) is 6.11. The van der Waals surface area contributed by atoms with Crippen LogP contribution in [0.2, 0.25) is 0 Å². The number of carbonyl (C=O) groups is 1. The number of fused-ring (bicyclic) bond motifs is 4. The van der Waals surface area contributed by atoms with Gasteiger partial charge in [0.1, 0.15) is 5.75 Å². The molecular formula is C19H16N2O3.